The number of para-hydroxylation sites is 1. The van der Waals surface area contributed by atoms with E-state index in [0.29, 0.717) is 18.7 Å². The molecule has 2 aromatic heterocycles. The van der Waals surface area contributed by atoms with E-state index in [1.54, 1.807) is 22.7 Å². The molecule has 1 aliphatic carbocycles. The predicted octanol–water partition coefficient (Wildman–Crippen LogP) is 4.03. The summed E-state index contributed by atoms with van der Waals surface area (Å²) in [5.74, 6) is 0.530. The molecule has 2 heterocycles. The van der Waals surface area contributed by atoms with Crippen LogP contribution in [0.25, 0.3) is 16.9 Å². The van der Waals surface area contributed by atoms with Gasteiger partial charge in [-0.15, -0.1) is 0 Å². The van der Waals surface area contributed by atoms with Gasteiger partial charge in [-0.05, 0) is 37.5 Å². The van der Waals surface area contributed by atoms with E-state index < -0.39 is 5.60 Å². The van der Waals surface area contributed by atoms with Crippen LogP contribution in [0.2, 0.25) is 0 Å². The number of anilines is 1. The second-order valence-electron chi connectivity index (χ2n) is 9.76. The van der Waals surface area contributed by atoms with Crippen molar-refractivity contribution in [3.05, 3.63) is 84.2 Å². The van der Waals surface area contributed by atoms with E-state index in [-0.39, 0.29) is 24.6 Å². The normalized spacial score (nSPS) is 21.2. The van der Waals surface area contributed by atoms with E-state index in [1.165, 1.54) is 0 Å². The van der Waals surface area contributed by atoms with E-state index in [4.69, 9.17) is 9.84 Å². The Labute approximate surface area is 216 Å². The van der Waals surface area contributed by atoms with Gasteiger partial charge in [0.1, 0.15) is 11.5 Å². The number of methoxy groups -OCH3 is 1. The summed E-state index contributed by atoms with van der Waals surface area (Å²) in [5, 5.41) is 26.4. The van der Waals surface area contributed by atoms with Crippen LogP contribution in [0.1, 0.15) is 29.9 Å². The lowest BCUT2D eigenvalue weighted by Crippen LogP contribution is -2.41. The van der Waals surface area contributed by atoms with Crippen LogP contribution in [-0.4, -0.2) is 56.1 Å². The average molecular weight is 501 g/mol. The standard InChI is InChI=1S/C28H32N6O3/c1-19-25(21-16-29-33(2)17-21)32-34(22-12-8-5-9-13-22)26(19)31-27(35)30-24-15-28(36,18-37-3)14-23(24)20-10-6-4-7-11-20/h4-13,16-17,23-24,36H,14-15,18H2,1-3H3,(H2,30,31,35)/t23-,24+,28?/m0/s1. The van der Waals surface area contributed by atoms with Crippen molar-refractivity contribution in [2.75, 3.05) is 19.0 Å². The lowest BCUT2D eigenvalue weighted by atomic mass is 9.93. The number of amides is 2. The fraction of sp³-hybridized carbons (Fsp3) is 0.321. The van der Waals surface area contributed by atoms with Crippen LogP contribution >= 0.6 is 0 Å². The van der Waals surface area contributed by atoms with Crippen molar-refractivity contribution < 1.29 is 14.6 Å². The number of aryl methyl sites for hydroxylation is 1. The molecular formula is C28H32N6O3. The molecule has 3 atom stereocenters. The molecule has 9 nitrogen and oxygen atoms in total. The summed E-state index contributed by atoms with van der Waals surface area (Å²) in [6, 6.07) is 19.0. The highest BCUT2D eigenvalue weighted by molar-refractivity contribution is 5.91. The average Bonchev–Trinajstić information content (AvgIpc) is 3.56. The Morgan fingerprint density at radius 2 is 1.84 bits per heavy atom. The minimum Gasteiger partial charge on any atom is -0.387 e. The Morgan fingerprint density at radius 1 is 1.14 bits per heavy atom. The van der Waals surface area contributed by atoms with Crippen molar-refractivity contribution in [2.24, 2.45) is 7.05 Å². The first-order chi connectivity index (χ1) is 17.9. The van der Waals surface area contributed by atoms with Crippen LogP contribution in [0.5, 0.6) is 0 Å². The molecule has 192 valence electrons. The molecule has 0 radical (unpaired) electrons. The summed E-state index contributed by atoms with van der Waals surface area (Å²) >= 11 is 0. The Kier molecular flexibility index (Phi) is 6.82. The summed E-state index contributed by atoms with van der Waals surface area (Å²) in [4.78, 5) is 13.4. The van der Waals surface area contributed by atoms with Crippen molar-refractivity contribution in [1.29, 1.82) is 0 Å². The van der Waals surface area contributed by atoms with Crippen LogP contribution in [0.4, 0.5) is 10.6 Å². The number of nitrogens with one attached hydrogen (secondary N) is 2. The molecule has 2 amide bonds. The third-order valence-electron chi connectivity index (χ3n) is 6.98. The number of carbonyl (C=O) groups is 1. The number of rotatable bonds is 7. The molecular weight excluding hydrogens is 468 g/mol. The maximum Gasteiger partial charge on any atom is 0.320 e. The minimum atomic E-state index is -1.01. The van der Waals surface area contributed by atoms with Crippen molar-refractivity contribution >= 4 is 11.8 Å². The van der Waals surface area contributed by atoms with Gasteiger partial charge in [-0.2, -0.15) is 10.2 Å². The maximum atomic E-state index is 13.4. The number of ether oxygens (including phenoxy) is 1. The summed E-state index contributed by atoms with van der Waals surface area (Å²) < 4.78 is 8.75. The lowest BCUT2D eigenvalue weighted by molar-refractivity contribution is -0.0274. The quantitative estimate of drug-likeness (QED) is 0.355. The molecule has 37 heavy (non-hydrogen) atoms. The van der Waals surface area contributed by atoms with Gasteiger partial charge in [-0.3, -0.25) is 10.00 Å². The largest absolute Gasteiger partial charge is 0.387 e. The number of carbonyl (C=O) groups excluding carboxylic acids is 1. The first-order valence-electron chi connectivity index (χ1n) is 12.3. The van der Waals surface area contributed by atoms with Gasteiger partial charge in [0.15, 0.2) is 0 Å². The predicted molar refractivity (Wildman–Crippen MR) is 142 cm³/mol. The lowest BCUT2D eigenvalue weighted by Gasteiger charge is -2.22. The third-order valence-corrected chi connectivity index (χ3v) is 6.98. The number of nitrogens with zero attached hydrogens (tertiary/aromatic N) is 4. The van der Waals surface area contributed by atoms with E-state index in [9.17, 15) is 9.90 Å². The van der Waals surface area contributed by atoms with Crippen LogP contribution in [-0.2, 0) is 11.8 Å². The van der Waals surface area contributed by atoms with Crippen molar-refractivity contribution in [1.82, 2.24) is 24.9 Å². The van der Waals surface area contributed by atoms with Gasteiger partial charge in [0.05, 0.1) is 24.1 Å². The molecule has 5 rings (SSSR count). The summed E-state index contributed by atoms with van der Waals surface area (Å²) in [5.41, 5.74) is 3.32. The summed E-state index contributed by atoms with van der Waals surface area (Å²) in [6.07, 6.45) is 4.55. The number of aliphatic hydroxyl groups is 1. The molecule has 1 aliphatic rings. The van der Waals surface area contributed by atoms with E-state index in [1.807, 2.05) is 80.8 Å². The smallest absolute Gasteiger partial charge is 0.320 e. The molecule has 3 N–H and O–H groups in total. The van der Waals surface area contributed by atoms with E-state index in [0.717, 1.165) is 28.1 Å². The van der Waals surface area contributed by atoms with Crippen LogP contribution in [0, 0.1) is 6.92 Å². The molecule has 0 bridgehead atoms. The van der Waals surface area contributed by atoms with Gasteiger partial charge in [-0.25, -0.2) is 9.48 Å². The molecule has 0 aliphatic heterocycles. The van der Waals surface area contributed by atoms with Crippen LogP contribution in [0.15, 0.2) is 73.1 Å². The SMILES string of the molecule is COCC1(O)C[C@@H](NC(=O)Nc2c(C)c(-c3cnn(C)c3)nn2-c2ccccc2)[C@H](c2ccccc2)C1. The van der Waals surface area contributed by atoms with Gasteiger partial charge in [0.2, 0.25) is 0 Å². The number of aromatic nitrogens is 4. The molecule has 1 saturated carbocycles. The highest BCUT2D eigenvalue weighted by Gasteiger charge is 2.45. The first kappa shape index (κ1) is 24.7. The number of benzene rings is 2. The van der Waals surface area contributed by atoms with E-state index >= 15 is 0 Å². The van der Waals surface area contributed by atoms with Gasteiger partial charge in [0, 0.05) is 43.4 Å². The van der Waals surface area contributed by atoms with Gasteiger partial charge >= 0.3 is 6.03 Å². The Balaban J connectivity index is 1.44. The van der Waals surface area contributed by atoms with E-state index in [2.05, 4.69) is 15.7 Å². The van der Waals surface area contributed by atoms with Crippen molar-refractivity contribution in [2.45, 2.75) is 37.3 Å². The van der Waals surface area contributed by atoms with Gasteiger partial charge in [0.25, 0.3) is 0 Å². The Hall–Kier alpha value is -3.95. The Bertz CT molecular complexity index is 1370. The Morgan fingerprint density at radius 3 is 2.49 bits per heavy atom. The molecule has 2 aromatic carbocycles. The molecule has 4 aromatic rings. The zero-order valence-electron chi connectivity index (χ0n) is 21.3. The monoisotopic (exact) mass is 500 g/mol. The molecule has 0 spiro atoms. The molecule has 1 fully saturated rings. The second kappa shape index (κ2) is 10.2. The molecule has 0 saturated heterocycles. The maximum absolute atomic E-state index is 13.4. The van der Waals surface area contributed by atoms with Crippen LogP contribution < -0.4 is 10.6 Å². The number of urea groups is 1. The molecule has 1 unspecified atom stereocenters. The summed E-state index contributed by atoms with van der Waals surface area (Å²) in [6.45, 7) is 2.15. The van der Waals surface area contributed by atoms with Crippen LogP contribution in [0.3, 0.4) is 0 Å². The fourth-order valence-electron chi connectivity index (χ4n) is 5.30. The second-order valence-corrected chi connectivity index (χ2v) is 9.76. The topological polar surface area (TPSA) is 106 Å². The highest BCUT2D eigenvalue weighted by atomic mass is 16.5. The first-order valence-corrected chi connectivity index (χ1v) is 12.3. The fourth-order valence-corrected chi connectivity index (χ4v) is 5.30. The molecule has 9 heteroatoms. The highest BCUT2D eigenvalue weighted by Crippen LogP contribution is 2.41. The number of hydrogen-bond acceptors (Lipinski definition) is 5. The number of hydrogen-bond donors (Lipinski definition) is 3. The van der Waals surface area contributed by atoms with Crippen molar-refractivity contribution in [3.63, 3.8) is 0 Å². The minimum absolute atomic E-state index is 0.0433. The zero-order valence-corrected chi connectivity index (χ0v) is 21.3. The van der Waals surface area contributed by atoms with Gasteiger partial charge < -0.3 is 15.2 Å². The zero-order chi connectivity index (χ0) is 26.0. The van der Waals surface area contributed by atoms with Crippen molar-refractivity contribution in [3.8, 4) is 16.9 Å². The summed E-state index contributed by atoms with van der Waals surface area (Å²) in [7, 11) is 3.44. The third kappa shape index (κ3) is 5.14. The van der Waals surface area contributed by atoms with Gasteiger partial charge in [-0.1, -0.05) is 48.5 Å².